The first kappa shape index (κ1) is 26.1. The molecule has 1 saturated heterocycles. The number of aliphatic hydroxyl groups is 4. The molecule has 4 N–H and O–H groups in total. The predicted octanol–water partition coefficient (Wildman–Crippen LogP) is 2.93. The molecule has 4 aliphatic carbocycles. The Kier molecular flexibility index (Phi) is 6.73. The monoisotopic (exact) mass is 494 g/mol. The van der Waals surface area contributed by atoms with Crippen molar-refractivity contribution >= 4 is 0 Å². The zero-order valence-corrected chi connectivity index (χ0v) is 22.0. The fourth-order valence-corrected chi connectivity index (χ4v) is 9.06. The predicted molar refractivity (Wildman–Crippen MR) is 130 cm³/mol. The van der Waals surface area contributed by atoms with Gasteiger partial charge in [-0.25, -0.2) is 0 Å². The summed E-state index contributed by atoms with van der Waals surface area (Å²) in [7, 11) is 1.49. The maximum absolute atomic E-state index is 11.5. The molecule has 0 aromatic rings. The van der Waals surface area contributed by atoms with Gasteiger partial charge in [-0.05, 0) is 88.4 Å². The van der Waals surface area contributed by atoms with Crippen LogP contribution in [0.1, 0.15) is 79.1 Å². The minimum atomic E-state index is -1.03. The number of allylic oxidation sites excluding steroid dienone is 1. The van der Waals surface area contributed by atoms with Crippen LogP contribution in [0.25, 0.3) is 0 Å². The van der Waals surface area contributed by atoms with Crippen LogP contribution in [-0.4, -0.2) is 76.1 Å². The lowest BCUT2D eigenvalue weighted by Crippen LogP contribution is -2.59. The highest BCUT2D eigenvalue weighted by molar-refractivity contribution is 5.26. The second kappa shape index (κ2) is 9.04. The SMILES string of the molecule is CO[C@H]1[C@@H](O)[C@@H](C)O[C@H](O[C@H]2CC[C@@]3(C)C(=CC[C@@H]4[C@@H]3CC[C@@]3(C)[C@H]4CC[C@]3(O)[C@H](C)O)C2)[C@@H]1O. The van der Waals surface area contributed by atoms with Gasteiger partial charge in [-0.1, -0.05) is 25.5 Å². The summed E-state index contributed by atoms with van der Waals surface area (Å²) in [6.07, 6.45) is 5.29. The van der Waals surface area contributed by atoms with E-state index in [4.69, 9.17) is 14.2 Å². The topological polar surface area (TPSA) is 109 Å². The van der Waals surface area contributed by atoms with Crippen LogP contribution in [0.2, 0.25) is 0 Å². The van der Waals surface area contributed by atoms with Crippen LogP contribution in [0.3, 0.4) is 0 Å². The number of fused-ring (bicyclic) bond motifs is 5. The summed E-state index contributed by atoms with van der Waals surface area (Å²) in [5, 5.41) is 42.9. The Morgan fingerprint density at radius 1 is 1.06 bits per heavy atom. The van der Waals surface area contributed by atoms with Crippen molar-refractivity contribution in [3.8, 4) is 0 Å². The fraction of sp³-hybridized carbons (Fsp3) is 0.929. The summed E-state index contributed by atoms with van der Waals surface area (Å²) in [5.74, 6) is 1.57. The Bertz CT molecular complexity index is 830. The Labute approximate surface area is 209 Å². The number of hydrogen-bond acceptors (Lipinski definition) is 7. The molecule has 7 heteroatoms. The van der Waals surface area contributed by atoms with Crippen molar-refractivity contribution in [2.24, 2.45) is 28.6 Å². The van der Waals surface area contributed by atoms with Crippen LogP contribution in [0, 0.1) is 28.6 Å². The number of ether oxygens (including phenoxy) is 3. The Morgan fingerprint density at radius 3 is 2.46 bits per heavy atom. The van der Waals surface area contributed by atoms with Gasteiger partial charge in [0, 0.05) is 12.5 Å². The van der Waals surface area contributed by atoms with Gasteiger partial charge in [0.1, 0.15) is 18.3 Å². The molecule has 7 nitrogen and oxygen atoms in total. The van der Waals surface area contributed by atoms with E-state index < -0.39 is 42.4 Å². The molecule has 1 heterocycles. The highest BCUT2D eigenvalue weighted by atomic mass is 16.7. The van der Waals surface area contributed by atoms with Crippen molar-refractivity contribution < 1.29 is 34.6 Å². The Morgan fingerprint density at radius 2 is 1.77 bits per heavy atom. The molecule has 1 aliphatic heterocycles. The van der Waals surface area contributed by atoms with Crippen molar-refractivity contribution in [3.63, 3.8) is 0 Å². The number of aliphatic hydroxyl groups excluding tert-OH is 3. The lowest BCUT2D eigenvalue weighted by Gasteiger charge is -2.59. The largest absolute Gasteiger partial charge is 0.390 e. The van der Waals surface area contributed by atoms with Gasteiger partial charge in [-0.3, -0.25) is 0 Å². The molecule has 200 valence electrons. The lowest BCUT2D eigenvalue weighted by atomic mass is 9.46. The van der Waals surface area contributed by atoms with Gasteiger partial charge in [-0.2, -0.15) is 0 Å². The molecule has 0 spiro atoms. The maximum atomic E-state index is 11.5. The third kappa shape index (κ3) is 3.79. The molecule has 0 radical (unpaired) electrons. The Balaban J connectivity index is 1.30. The van der Waals surface area contributed by atoms with Crippen LogP contribution in [0.4, 0.5) is 0 Å². The second-order valence-electron chi connectivity index (χ2n) is 12.7. The average Bonchev–Trinajstić information content (AvgIpc) is 3.10. The van der Waals surface area contributed by atoms with E-state index in [1.165, 1.54) is 12.7 Å². The van der Waals surface area contributed by atoms with Gasteiger partial charge < -0.3 is 34.6 Å². The van der Waals surface area contributed by atoms with Gasteiger partial charge in [0.15, 0.2) is 6.29 Å². The summed E-state index contributed by atoms with van der Waals surface area (Å²) >= 11 is 0. The van der Waals surface area contributed by atoms with Gasteiger partial charge in [-0.15, -0.1) is 0 Å². The molecule has 5 rings (SSSR count). The molecule has 3 saturated carbocycles. The first-order valence-corrected chi connectivity index (χ1v) is 13.8. The van der Waals surface area contributed by atoms with E-state index in [1.807, 2.05) is 0 Å². The molecule has 0 bridgehead atoms. The van der Waals surface area contributed by atoms with E-state index in [0.717, 1.165) is 44.9 Å². The Hall–Kier alpha value is -0.540. The molecule has 13 atom stereocenters. The van der Waals surface area contributed by atoms with Crippen LogP contribution >= 0.6 is 0 Å². The fourth-order valence-electron chi connectivity index (χ4n) is 9.06. The molecule has 5 aliphatic rings. The van der Waals surface area contributed by atoms with Crippen molar-refractivity contribution in [3.05, 3.63) is 11.6 Å². The molecule has 0 amide bonds. The third-order valence-electron chi connectivity index (χ3n) is 11.3. The quantitative estimate of drug-likeness (QED) is 0.445. The van der Waals surface area contributed by atoms with Crippen LogP contribution < -0.4 is 0 Å². The molecule has 35 heavy (non-hydrogen) atoms. The molecule has 0 aromatic carbocycles. The van der Waals surface area contributed by atoms with E-state index in [2.05, 4.69) is 19.9 Å². The number of rotatable bonds is 4. The third-order valence-corrected chi connectivity index (χ3v) is 11.3. The van der Waals surface area contributed by atoms with E-state index in [0.29, 0.717) is 24.2 Å². The highest BCUT2D eigenvalue weighted by Crippen LogP contribution is 2.67. The summed E-state index contributed by atoms with van der Waals surface area (Å²) in [6.45, 7) is 8.18. The molecule has 4 fully saturated rings. The first-order chi connectivity index (χ1) is 16.5. The van der Waals surface area contributed by atoms with Gasteiger partial charge in [0.05, 0.1) is 23.9 Å². The molecular weight excluding hydrogens is 448 g/mol. The van der Waals surface area contributed by atoms with E-state index in [9.17, 15) is 20.4 Å². The van der Waals surface area contributed by atoms with E-state index in [1.54, 1.807) is 13.8 Å². The van der Waals surface area contributed by atoms with Gasteiger partial charge >= 0.3 is 0 Å². The first-order valence-electron chi connectivity index (χ1n) is 13.8. The minimum Gasteiger partial charge on any atom is -0.390 e. The van der Waals surface area contributed by atoms with Crippen LogP contribution in [0.15, 0.2) is 11.6 Å². The van der Waals surface area contributed by atoms with Crippen molar-refractivity contribution in [2.45, 2.75) is 128 Å². The summed E-state index contributed by atoms with van der Waals surface area (Å²) in [6, 6.07) is 0. The number of methoxy groups -OCH3 is 1. The summed E-state index contributed by atoms with van der Waals surface area (Å²) < 4.78 is 17.5. The minimum absolute atomic E-state index is 0.0360. The van der Waals surface area contributed by atoms with Gasteiger partial charge in [0.2, 0.25) is 0 Å². The van der Waals surface area contributed by atoms with E-state index >= 15 is 0 Å². The standard InChI is InChI=1S/C28H46O7/c1-15-22(30)24(33-5)23(31)25(34-15)35-18-8-11-26(3)17(14-18)6-7-19-20(26)9-12-27(4)21(19)10-13-28(27,32)16(2)29/h6,15-16,18-25,29-32H,7-14H2,1-5H3/t15-,16+,18+,19-,20+,21+,22+,23-,24+,25-,26+,27+,28+/m1/s1. The highest BCUT2D eigenvalue weighted by Gasteiger charge is 2.65. The van der Waals surface area contributed by atoms with Crippen molar-refractivity contribution in [1.29, 1.82) is 0 Å². The molecule has 0 aromatic heterocycles. The zero-order chi connectivity index (χ0) is 25.3. The number of hydrogen-bond donors (Lipinski definition) is 4. The van der Waals surface area contributed by atoms with Crippen LogP contribution in [0.5, 0.6) is 0 Å². The smallest absolute Gasteiger partial charge is 0.186 e. The van der Waals surface area contributed by atoms with Crippen molar-refractivity contribution in [2.75, 3.05) is 7.11 Å². The average molecular weight is 495 g/mol. The van der Waals surface area contributed by atoms with Gasteiger partial charge in [0.25, 0.3) is 0 Å². The van der Waals surface area contributed by atoms with Crippen LogP contribution in [-0.2, 0) is 14.2 Å². The molecular formula is C28H46O7. The zero-order valence-electron chi connectivity index (χ0n) is 22.0. The summed E-state index contributed by atoms with van der Waals surface area (Å²) in [4.78, 5) is 0. The normalized spacial score (nSPS) is 54.9. The second-order valence-corrected chi connectivity index (χ2v) is 12.7. The lowest BCUT2D eigenvalue weighted by molar-refractivity contribution is -0.309. The van der Waals surface area contributed by atoms with E-state index in [-0.39, 0.29) is 16.9 Å². The van der Waals surface area contributed by atoms with Crippen molar-refractivity contribution in [1.82, 2.24) is 0 Å². The maximum Gasteiger partial charge on any atom is 0.186 e. The molecule has 0 unspecified atom stereocenters. The summed E-state index contributed by atoms with van der Waals surface area (Å²) in [5.41, 5.74) is 0.382.